The quantitative estimate of drug-likeness (QED) is 0.823. The maximum Gasteiger partial charge on any atom is 0.213 e. The Morgan fingerprint density at radius 3 is 2.53 bits per heavy atom. The molecule has 0 amide bonds. The Morgan fingerprint density at radius 1 is 1.24 bits per heavy atom. The molecular formula is C13H19FN2O. The van der Waals surface area contributed by atoms with Gasteiger partial charge in [-0.1, -0.05) is 25.7 Å². The van der Waals surface area contributed by atoms with Gasteiger partial charge in [0.1, 0.15) is 12.4 Å². The number of halogens is 1. The fourth-order valence-electron chi connectivity index (χ4n) is 2.24. The van der Waals surface area contributed by atoms with Gasteiger partial charge < -0.3 is 10.5 Å². The highest BCUT2D eigenvalue weighted by atomic mass is 19.1. The van der Waals surface area contributed by atoms with Gasteiger partial charge in [-0.3, -0.25) is 0 Å². The first-order chi connectivity index (χ1) is 8.18. The summed E-state index contributed by atoms with van der Waals surface area (Å²) in [6.07, 6.45) is 7.99. The summed E-state index contributed by atoms with van der Waals surface area (Å²) >= 11 is 0. The standard InChI is InChI=1S/C13H19FN2O/c14-11-5-6-12(16-9-11)17-10-13(15)7-3-1-2-4-8-13/h5-6,9H,1-4,7-8,10,15H2. The summed E-state index contributed by atoms with van der Waals surface area (Å²) in [5.41, 5.74) is 6.07. The molecule has 0 spiro atoms. The van der Waals surface area contributed by atoms with Crippen LogP contribution < -0.4 is 10.5 Å². The van der Waals surface area contributed by atoms with E-state index in [1.807, 2.05) is 0 Å². The Kier molecular flexibility index (Phi) is 3.94. The minimum absolute atomic E-state index is 0.243. The van der Waals surface area contributed by atoms with Gasteiger partial charge in [0.25, 0.3) is 0 Å². The van der Waals surface area contributed by atoms with Gasteiger partial charge in [0.2, 0.25) is 5.88 Å². The van der Waals surface area contributed by atoms with Gasteiger partial charge in [0, 0.05) is 6.07 Å². The first-order valence-electron chi connectivity index (χ1n) is 6.21. The molecule has 1 aliphatic carbocycles. The van der Waals surface area contributed by atoms with E-state index in [-0.39, 0.29) is 11.4 Å². The highest BCUT2D eigenvalue weighted by Crippen LogP contribution is 2.25. The molecule has 1 saturated carbocycles. The van der Waals surface area contributed by atoms with Crippen LogP contribution in [0.4, 0.5) is 4.39 Å². The summed E-state index contributed by atoms with van der Waals surface area (Å²) < 4.78 is 18.2. The van der Waals surface area contributed by atoms with Crippen LogP contribution in [0.3, 0.4) is 0 Å². The van der Waals surface area contributed by atoms with E-state index in [0.717, 1.165) is 31.9 Å². The number of ether oxygens (including phenoxy) is 1. The van der Waals surface area contributed by atoms with E-state index in [2.05, 4.69) is 4.98 Å². The zero-order chi connectivity index (χ0) is 12.1. The molecule has 1 heterocycles. The maximum absolute atomic E-state index is 12.7. The Bertz CT molecular complexity index is 345. The number of rotatable bonds is 3. The minimum atomic E-state index is -0.353. The monoisotopic (exact) mass is 238 g/mol. The largest absolute Gasteiger partial charge is 0.476 e. The highest BCUT2D eigenvalue weighted by molar-refractivity contribution is 5.11. The fraction of sp³-hybridized carbons (Fsp3) is 0.615. The molecule has 0 atom stereocenters. The predicted molar refractivity (Wildman–Crippen MR) is 64.3 cm³/mol. The number of nitrogens with zero attached hydrogens (tertiary/aromatic N) is 1. The third-order valence-corrected chi connectivity index (χ3v) is 3.31. The van der Waals surface area contributed by atoms with Crippen LogP contribution in [0.2, 0.25) is 0 Å². The van der Waals surface area contributed by atoms with Gasteiger partial charge in [0.15, 0.2) is 0 Å². The summed E-state index contributed by atoms with van der Waals surface area (Å²) in [6.45, 7) is 0.464. The SMILES string of the molecule is NC1(COc2ccc(F)cn2)CCCCCC1. The third kappa shape index (κ3) is 3.66. The highest BCUT2D eigenvalue weighted by Gasteiger charge is 2.27. The van der Waals surface area contributed by atoms with Crippen molar-refractivity contribution in [1.29, 1.82) is 0 Å². The summed E-state index contributed by atoms with van der Waals surface area (Å²) in [6, 6.07) is 2.88. The van der Waals surface area contributed by atoms with Crippen molar-refractivity contribution in [3.8, 4) is 5.88 Å². The molecule has 3 nitrogen and oxygen atoms in total. The molecule has 1 aliphatic rings. The lowest BCUT2D eigenvalue weighted by atomic mass is 9.93. The molecule has 0 aromatic carbocycles. The second-order valence-electron chi connectivity index (χ2n) is 4.88. The van der Waals surface area contributed by atoms with Crippen LogP contribution in [0.25, 0.3) is 0 Å². The summed E-state index contributed by atoms with van der Waals surface area (Å²) in [7, 11) is 0. The molecular weight excluding hydrogens is 219 g/mol. The van der Waals surface area contributed by atoms with Crippen LogP contribution in [-0.4, -0.2) is 17.1 Å². The van der Waals surface area contributed by atoms with Crippen molar-refractivity contribution in [3.63, 3.8) is 0 Å². The van der Waals surface area contributed by atoms with Crippen molar-refractivity contribution < 1.29 is 9.13 Å². The molecule has 1 aromatic heterocycles. The Hall–Kier alpha value is -1.16. The first-order valence-corrected chi connectivity index (χ1v) is 6.21. The number of aromatic nitrogens is 1. The van der Waals surface area contributed by atoms with E-state index in [1.54, 1.807) is 0 Å². The molecule has 0 saturated heterocycles. The fourth-order valence-corrected chi connectivity index (χ4v) is 2.24. The van der Waals surface area contributed by atoms with Gasteiger partial charge in [-0.15, -0.1) is 0 Å². The molecule has 4 heteroatoms. The minimum Gasteiger partial charge on any atom is -0.476 e. The van der Waals surface area contributed by atoms with Gasteiger partial charge in [-0.05, 0) is 18.9 Å². The Balaban J connectivity index is 1.89. The molecule has 1 aromatic rings. The predicted octanol–water partition coefficient (Wildman–Crippen LogP) is 2.65. The van der Waals surface area contributed by atoms with Crippen LogP contribution in [0, 0.1) is 5.82 Å². The molecule has 2 rings (SSSR count). The van der Waals surface area contributed by atoms with E-state index in [4.69, 9.17) is 10.5 Å². The normalized spacial score (nSPS) is 19.6. The van der Waals surface area contributed by atoms with Crippen LogP contribution in [0.1, 0.15) is 38.5 Å². The van der Waals surface area contributed by atoms with Gasteiger partial charge >= 0.3 is 0 Å². The van der Waals surface area contributed by atoms with E-state index in [9.17, 15) is 4.39 Å². The zero-order valence-corrected chi connectivity index (χ0v) is 9.99. The van der Waals surface area contributed by atoms with Gasteiger partial charge in [-0.25, -0.2) is 9.37 Å². The molecule has 0 radical (unpaired) electrons. The van der Waals surface area contributed by atoms with Gasteiger partial charge in [-0.2, -0.15) is 0 Å². The molecule has 17 heavy (non-hydrogen) atoms. The summed E-state index contributed by atoms with van der Waals surface area (Å²) in [5, 5.41) is 0. The summed E-state index contributed by atoms with van der Waals surface area (Å²) in [5.74, 6) is 0.0924. The Labute approximate surface area is 101 Å². The van der Waals surface area contributed by atoms with Gasteiger partial charge in [0.05, 0.1) is 11.7 Å². The molecule has 2 N–H and O–H groups in total. The molecule has 0 unspecified atom stereocenters. The van der Waals surface area contributed by atoms with Crippen molar-refractivity contribution in [1.82, 2.24) is 4.98 Å². The van der Waals surface area contributed by atoms with Crippen molar-refractivity contribution in [3.05, 3.63) is 24.1 Å². The second kappa shape index (κ2) is 5.45. The van der Waals surface area contributed by atoms with E-state index < -0.39 is 0 Å². The maximum atomic E-state index is 12.7. The first kappa shape index (κ1) is 12.3. The molecule has 1 fully saturated rings. The average Bonchev–Trinajstić information content (AvgIpc) is 2.54. The topological polar surface area (TPSA) is 48.1 Å². The smallest absolute Gasteiger partial charge is 0.213 e. The van der Waals surface area contributed by atoms with Crippen LogP contribution in [0.5, 0.6) is 5.88 Å². The molecule has 94 valence electrons. The van der Waals surface area contributed by atoms with E-state index >= 15 is 0 Å². The zero-order valence-electron chi connectivity index (χ0n) is 9.99. The van der Waals surface area contributed by atoms with Crippen molar-refractivity contribution in [2.75, 3.05) is 6.61 Å². The summed E-state index contributed by atoms with van der Waals surface area (Å²) in [4.78, 5) is 3.86. The lowest BCUT2D eigenvalue weighted by Crippen LogP contribution is -2.45. The Morgan fingerprint density at radius 2 is 1.94 bits per heavy atom. The number of hydrogen-bond donors (Lipinski definition) is 1. The third-order valence-electron chi connectivity index (χ3n) is 3.31. The van der Waals surface area contributed by atoms with E-state index in [1.165, 1.54) is 25.0 Å². The lowest BCUT2D eigenvalue weighted by Gasteiger charge is -2.27. The molecule has 0 bridgehead atoms. The lowest BCUT2D eigenvalue weighted by molar-refractivity contribution is 0.193. The van der Waals surface area contributed by atoms with Crippen molar-refractivity contribution >= 4 is 0 Å². The average molecular weight is 238 g/mol. The number of nitrogens with two attached hydrogens (primary N) is 1. The van der Waals surface area contributed by atoms with E-state index in [0.29, 0.717) is 12.5 Å². The van der Waals surface area contributed by atoms with Crippen LogP contribution in [0.15, 0.2) is 18.3 Å². The molecule has 0 aliphatic heterocycles. The number of pyridine rings is 1. The second-order valence-corrected chi connectivity index (χ2v) is 4.88. The van der Waals surface area contributed by atoms with Crippen LogP contribution in [-0.2, 0) is 0 Å². The van der Waals surface area contributed by atoms with Crippen molar-refractivity contribution in [2.24, 2.45) is 5.73 Å². The van der Waals surface area contributed by atoms with Crippen LogP contribution >= 0.6 is 0 Å². The number of hydrogen-bond acceptors (Lipinski definition) is 3. The van der Waals surface area contributed by atoms with Crippen molar-refractivity contribution in [2.45, 2.75) is 44.1 Å².